The van der Waals surface area contributed by atoms with Gasteiger partial charge < -0.3 is 19.7 Å². The summed E-state index contributed by atoms with van der Waals surface area (Å²) >= 11 is 0. The average molecular weight is 463 g/mol. The summed E-state index contributed by atoms with van der Waals surface area (Å²) in [5, 5.41) is 4.64. The molecule has 1 fully saturated rings. The Labute approximate surface area is 201 Å². The first kappa shape index (κ1) is 24.0. The van der Waals surface area contributed by atoms with Crippen LogP contribution in [0.1, 0.15) is 39.7 Å². The number of anilines is 1. The standard InChI is InChI=1S/C28H35FN4O/c1-6-10-33-21(5)20(4)25-16-23(28(34)32-13-11-31(7-2)12-14-32)17-26(27(25)33)30-18-22-8-9-24(29)15-19(22)3/h6,8-9,15-17,30H,1,7,10-14,18H2,2-5H3. The van der Waals surface area contributed by atoms with Crippen molar-refractivity contribution in [2.75, 3.05) is 38.0 Å². The molecule has 2 aromatic carbocycles. The fourth-order valence-electron chi connectivity index (χ4n) is 4.89. The second-order valence-corrected chi connectivity index (χ2v) is 9.18. The van der Waals surface area contributed by atoms with E-state index in [0.29, 0.717) is 18.7 Å². The van der Waals surface area contributed by atoms with Crippen LogP contribution in [0.15, 0.2) is 43.0 Å². The molecule has 0 bridgehead atoms. The van der Waals surface area contributed by atoms with Gasteiger partial charge in [0.25, 0.3) is 5.91 Å². The molecule has 34 heavy (non-hydrogen) atoms. The van der Waals surface area contributed by atoms with Gasteiger partial charge in [0, 0.05) is 55.9 Å². The number of nitrogens with zero attached hydrogens (tertiary/aromatic N) is 3. The van der Waals surface area contributed by atoms with Crippen LogP contribution in [0.2, 0.25) is 0 Å². The van der Waals surface area contributed by atoms with E-state index in [-0.39, 0.29) is 11.7 Å². The summed E-state index contributed by atoms with van der Waals surface area (Å²) < 4.78 is 15.8. The fourth-order valence-corrected chi connectivity index (χ4v) is 4.89. The lowest BCUT2D eigenvalue weighted by molar-refractivity contribution is 0.0643. The van der Waals surface area contributed by atoms with Gasteiger partial charge in [0.1, 0.15) is 5.82 Å². The van der Waals surface area contributed by atoms with E-state index in [0.717, 1.165) is 66.1 Å². The van der Waals surface area contributed by atoms with E-state index in [4.69, 9.17) is 0 Å². The highest BCUT2D eigenvalue weighted by Gasteiger charge is 2.24. The number of carbonyl (C=O) groups excluding carboxylic acids is 1. The van der Waals surface area contributed by atoms with Crippen molar-refractivity contribution in [3.63, 3.8) is 0 Å². The number of likely N-dealkylation sites (N-methyl/N-ethyl adjacent to an activating group) is 1. The van der Waals surface area contributed by atoms with Gasteiger partial charge in [-0.1, -0.05) is 19.1 Å². The minimum Gasteiger partial charge on any atom is -0.379 e. The first-order valence-corrected chi connectivity index (χ1v) is 12.1. The SMILES string of the molecule is C=CCn1c(C)c(C)c2cc(C(=O)N3CCN(CC)CC3)cc(NCc3ccc(F)cc3C)c21. The second-order valence-electron chi connectivity index (χ2n) is 9.18. The number of aromatic nitrogens is 1. The van der Waals surface area contributed by atoms with E-state index < -0.39 is 0 Å². The molecule has 0 spiro atoms. The molecule has 6 heteroatoms. The van der Waals surface area contributed by atoms with E-state index in [1.807, 2.05) is 36.1 Å². The van der Waals surface area contributed by atoms with Gasteiger partial charge in [-0.15, -0.1) is 6.58 Å². The monoisotopic (exact) mass is 462 g/mol. The lowest BCUT2D eigenvalue weighted by atomic mass is 10.0. The Kier molecular flexibility index (Phi) is 7.08. The first-order chi connectivity index (χ1) is 16.3. The minimum atomic E-state index is -0.231. The van der Waals surface area contributed by atoms with Crippen molar-refractivity contribution >= 4 is 22.5 Å². The quantitative estimate of drug-likeness (QED) is 0.486. The number of allylic oxidation sites excluding steroid dienone is 1. The summed E-state index contributed by atoms with van der Waals surface area (Å²) in [7, 11) is 0. The molecule has 180 valence electrons. The van der Waals surface area contributed by atoms with Crippen molar-refractivity contribution < 1.29 is 9.18 Å². The zero-order valence-electron chi connectivity index (χ0n) is 20.7. The van der Waals surface area contributed by atoms with Crippen molar-refractivity contribution in [1.29, 1.82) is 0 Å². The van der Waals surface area contributed by atoms with Crippen molar-refractivity contribution in [2.24, 2.45) is 0 Å². The number of nitrogens with one attached hydrogen (secondary N) is 1. The van der Waals surface area contributed by atoms with Crippen LogP contribution in [0.3, 0.4) is 0 Å². The highest BCUT2D eigenvalue weighted by atomic mass is 19.1. The van der Waals surface area contributed by atoms with Crippen LogP contribution in [-0.4, -0.2) is 53.0 Å². The van der Waals surface area contributed by atoms with Crippen molar-refractivity contribution in [1.82, 2.24) is 14.4 Å². The molecule has 0 saturated carbocycles. The predicted octanol–water partition coefficient (Wildman–Crippen LogP) is 5.28. The zero-order chi connectivity index (χ0) is 24.4. The van der Waals surface area contributed by atoms with Crippen LogP contribution in [0.5, 0.6) is 0 Å². The Bertz CT molecular complexity index is 1220. The normalized spacial score (nSPS) is 14.6. The van der Waals surface area contributed by atoms with Crippen LogP contribution in [0.25, 0.3) is 10.9 Å². The molecule has 1 saturated heterocycles. The zero-order valence-corrected chi connectivity index (χ0v) is 20.7. The van der Waals surface area contributed by atoms with E-state index in [9.17, 15) is 9.18 Å². The highest BCUT2D eigenvalue weighted by Crippen LogP contribution is 2.33. The molecule has 1 aliphatic heterocycles. The van der Waals surface area contributed by atoms with Crippen LogP contribution < -0.4 is 5.32 Å². The maximum absolute atomic E-state index is 13.6. The number of halogens is 1. The second kappa shape index (κ2) is 10.0. The highest BCUT2D eigenvalue weighted by molar-refractivity contribution is 6.04. The molecular formula is C28H35FN4O. The number of rotatable bonds is 7. The van der Waals surface area contributed by atoms with Crippen LogP contribution in [-0.2, 0) is 13.1 Å². The van der Waals surface area contributed by atoms with E-state index in [1.54, 1.807) is 6.07 Å². The number of benzene rings is 2. The number of carbonyl (C=O) groups is 1. The molecule has 0 unspecified atom stereocenters. The van der Waals surface area contributed by atoms with Gasteiger partial charge in [0.2, 0.25) is 0 Å². The summed E-state index contributed by atoms with van der Waals surface area (Å²) in [6, 6.07) is 8.88. The molecule has 0 atom stereocenters. The lowest BCUT2D eigenvalue weighted by Crippen LogP contribution is -2.48. The van der Waals surface area contributed by atoms with Gasteiger partial charge in [0.05, 0.1) is 11.2 Å². The molecule has 1 N–H and O–H groups in total. The Morgan fingerprint density at radius 2 is 1.85 bits per heavy atom. The van der Waals surface area contributed by atoms with Crippen LogP contribution in [0.4, 0.5) is 10.1 Å². The Morgan fingerprint density at radius 3 is 2.50 bits per heavy atom. The summed E-state index contributed by atoms with van der Waals surface area (Å²) in [5.74, 6) is -0.155. The van der Waals surface area contributed by atoms with Crippen LogP contribution >= 0.6 is 0 Å². The molecule has 0 aliphatic carbocycles. The number of hydrogen-bond acceptors (Lipinski definition) is 3. The van der Waals surface area contributed by atoms with Gasteiger partial charge >= 0.3 is 0 Å². The number of hydrogen-bond donors (Lipinski definition) is 1. The average Bonchev–Trinajstić information content (AvgIpc) is 3.08. The third-order valence-corrected chi connectivity index (χ3v) is 7.17. The Morgan fingerprint density at radius 1 is 1.12 bits per heavy atom. The third-order valence-electron chi connectivity index (χ3n) is 7.17. The summed E-state index contributed by atoms with van der Waals surface area (Å²) in [5.41, 5.74) is 6.95. The van der Waals surface area contributed by atoms with Gasteiger partial charge in [-0.3, -0.25) is 4.79 Å². The molecule has 0 radical (unpaired) electrons. The molecule has 3 aromatic rings. The Balaban J connectivity index is 1.74. The van der Waals surface area contributed by atoms with Crippen molar-refractivity contribution in [2.45, 2.75) is 40.8 Å². The van der Waals surface area contributed by atoms with Gasteiger partial charge in [-0.2, -0.15) is 0 Å². The topological polar surface area (TPSA) is 40.5 Å². The van der Waals surface area contributed by atoms with E-state index in [2.05, 4.69) is 42.1 Å². The molecule has 5 nitrogen and oxygen atoms in total. The van der Waals surface area contributed by atoms with Gasteiger partial charge in [-0.25, -0.2) is 4.39 Å². The number of aryl methyl sites for hydroxylation is 2. The van der Waals surface area contributed by atoms with Gasteiger partial charge in [0.15, 0.2) is 0 Å². The molecule has 2 heterocycles. The van der Waals surface area contributed by atoms with E-state index in [1.165, 1.54) is 11.6 Å². The maximum Gasteiger partial charge on any atom is 0.254 e. The molecule has 1 aromatic heterocycles. The third kappa shape index (κ3) is 4.60. The number of piperazine rings is 1. The fraction of sp³-hybridized carbons (Fsp3) is 0.393. The molecule has 4 rings (SSSR count). The van der Waals surface area contributed by atoms with E-state index >= 15 is 0 Å². The Hall–Kier alpha value is -3.12. The predicted molar refractivity (Wildman–Crippen MR) is 138 cm³/mol. The van der Waals surface area contributed by atoms with Gasteiger partial charge in [-0.05, 0) is 68.3 Å². The van der Waals surface area contributed by atoms with Crippen molar-refractivity contribution in [3.05, 3.63) is 76.8 Å². The largest absolute Gasteiger partial charge is 0.379 e. The summed E-state index contributed by atoms with van der Waals surface area (Å²) in [6.45, 7) is 17.8. The smallest absolute Gasteiger partial charge is 0.254 e. The summed E-state index contributed by atoms with van der Waals surface area (Å²) in [4.78, 5) is 17.8. The van der Waals surface area contributed by atoms with Crippen LogP contribution in [0, 0.1) is 26.6 Å². The first-order valence-electron chi connectivity index (χ1n) is 12.1. The number of amides is 1. The summed E-state index contributed by atoms with van der Waals surface area (Å²) in [6.07, 6.45) is 1.89. The minimum absolute atomic E-state index is 0.0761. The molecule has 1 aliphatic rings. The molecule has 1 amide bonds. The van der Waals surface area contributed by atoms with Crippen molar-refractivity contribution in [3.8, 4) is 0 Å². The maximum atomic E-state index is 13.6. The molecular weight excluding hydrogens is 427 g/mol. The number of fused-ring (bicyclic) bond motifs is 1. The lowest BCUT2D eigenvalue weighted by Gasteiger charge is -2.34.